The summed E-state index contributed by atoms with van der Waals surface area (Å²) in [5.41, 5.74) is 4.42. The van der Waals surface area contributed by atoms with E-state index < -0.39 is 17.3 Å². The SMILES string of the molecule is COc1ccc(CN2CC(=O)N3C(c4cccc([NH+]([O-])O)c4)c4[nH]c5ccccc5c4C[C@H]3C2=O)cc1. The number of aromatic amines is 1. The Morgan fingerprint density at radius 1 is 1.08 bits per heavy atom. The summed E-state index contributed by atoms with van der Waals surface area (Å²) in [6.07, 6.45) is 0.387. The highest BCUT2D eigenvalue weighted by atomic mass is 16.8. The molecule has 9 heteroatoms. The molecule has 2 amide bonds. The third-order valence-electron chi connectivity index (χ3n) is 7.32. The van der Waals surface area contributed by atoms with E-state index in [0.29, 0.717) is 18.5 Å². The van der Waals surface area contributed by atoms with Crippen LogP contribution in [0.2, 0.25) is 0 Å². The summed E-state index contributed by atoms with van der Waals surface area (Å²) in [6.45, 7) is 0.269. The Morgan fingerprint density at radius 2 is 1.86 bits per heavy atom. The molecular weight excluding hydrogens is 472 g/mol. The Balaban J connectivity index is 1.43. The van der Waals surface area contributed by atoms with Gasteiger partial charge in [0.1, 0.15) is 18.3 Å². The van der Waals surface area contributed by atoms with Crippen molar-refractivity contribution in [2.75, 3.05) is 13.7 Å². The van der Waals surface area contributed by atoms with Crippen molar-refractivity contribution in [1.29, 1.82) is 0 Å². The first kappa shape index (κ1) is 23.2. The minimum atomic E-state index is -1.04. The highest BCUT2D eigenvalue weighted by Gasteiger charge is 2.48. The molecule has 188 valence electrons. The minimum absolute atomic E-state index is 0.0496. The molecule has 9 nitrogen and oxygen atoms in total. The molecule has 2 unspecified atom stereocenters. The van der Waals surface area contributed by atoms with Gasteiger partial charge in [-0.3, -0.25) is 9.59 Å². The maximum Gasteiger partial charge on any atom is 0.246 e. The average molecular weight is 499 g/mol. The maximum atomic E-state index is 13.9. The zero-order chi connectivity index (χ0) is 25.7. The lowest BCUT2D eigenvalue weighted by atomic mass is 9.86. The van der Waals surface area contributed by atoms with Crippen LogP contribution in [0, 0.1) is 5.21 Å². The number of H-pyrrole nitrogens is 1. The molecule has 2 aliphatic rings. The van der Waals surface area contributed by atoms with Gasteiger partial charge in [0.15, 0.2) is 5.69 Å². The number of quaternary nitrogens is 1. The number of rotatable bonds is 5. The van der Waals surface area contributed by atoms with E-state index in [0.717, 1.165) is 33.5 Å². The van der Waals surface area contributed by atoms with E-state index in [4.69, 9.17) is 4.74 Å². The third kappa shape index (κ3) is 3.93. The van der Waals surface area contributed by atoms with Crippen LogP contribution in [-0.4, -0.2) is 51.5 Å². The van der Waals surface area contributed by atoms with Gasteiger partial charge in [-0.1, -0.05) is 42.5 Å². The van der Waals surface area contributed by atoms with Crippen LogP contribution in [0.4, 0.5) is 5.69 Å². The van der Waals surface area contributed by atoms with Crippen molar-refractivity contribution in [2.24, 2.45) is 0 Å². The van der Waals surface area contributed by atoms with Crippen LogP contribution in [0.3, 0.4) is 0 Å². The van der Waals surface area contributed by atoms with Gasteiger partial charge in [0.25, 0.3) is 0 Å². The molecule has 1 aromatic heterocycles. The third-order valence-corrected chi connectivity index (χ3v) is 7.32. The Hall–Kier alpha value is -4.18. The number of ether oxygens (including phenoxy) is 1. The molecule has 3 heterocycles. The number of fused-ring (bicyclic) bond motifs is 4. The van der Waals surface area contributed by atoms with Crippen LogP contribution < -0.4 is 9.96 Å². The Morgan fingerprint density at radius 3 is 2.62 bits per heavy atom. The number of carbonyl (C=O) groups is 2. The molecule has 1 saturated heterocycles. The normalized spacial score (nSPS) is 20.1. The molecule has 37 heavy (non-hydrogen) atoms. The summed E-state index contributed by atoms with van der Waals surface area (Å²) in [5.74, 6) is 0.431. The maximum absolute atomic E-state index is 13.9. The highest BCUT2D eigenvalue weighted by Crippen LogP contribution is 2.43. The predicted molar refractivity (Wildman–Crippen MR) is 135 cm³/mol. The van der Waals surface area contributed by atoms with Crippen molar-refractivity contribution in [3.05, 3.63) is 100 Å². The Labute approximate surface area is 213 Å². The number of amides is 2. The lowest BCUT2D eigenvalue weighted by Gasteiger charge is -2.47. The van der Waals surface area contributed by atoms with Gasteiger partial charge < -0.3 is 24.7 Å². The number of piperazine rings is 1. The molecule has 6 rings (SSSR count). The number of nitrogens with zero attached hydrogens (tertiary/aromatic N) is 2. The van der Waals surface area contributed by atoms with Gasteiger partial charge in [-0.25, -0.2) is 5.21 Å². The van der Waals surface area contributed by atoms with Crippen molar-refractivity contribution in [1.82, 2.24) is 14.8 Å². The summed E-state index contributed by atoms with van der Waals surface area (Å²) in [6, 6.07) is 20.6. The topological polar surface area (TPSA) is 113 Å². The van der Waals surface area contributed by atoms with Crippen LogP contribution >= 0.6 is 0 Å². The zero-order valence-corrected chi connectivity index (χ0v) is 20.2. The Kier molecular flexibility index (Phi) is 5.68. The average Bonchev–Trinajstić information content (AvgIpc) is 3.29. The van der Waals surface area contributed by atoms with Crippen molar-refractivity contribution in [3.8, 4) is 5.75 Å². The largest absolute Gasteiger partial charge is 0.595 e. The number of benzene rings is 3. The first-order chi connectivity index (χ1) is 17.9. The molecule has 0 saturated carbocycles. The number of aromatic nitrogens is 1. The van der Waals surface area contributed by atoms with Gasteiger partial charge in [0, 0.05) is 41.7 Å². The second kappa shape index (κ2) is 9.04. The van der Waals surface area contributed by atoms with Crippen molar-refractivity contribution < 1.29 is 24.8 Å². The molecule has 0 aliphatic carbocycles. The number of methoxy groups -OCH3 is 1. The quantitative estimate of drug-likeness (QED) is 0.366. The monoisotopic (exact) mass is 498 g/mol. The van der Waals surface area contributed by atoms with E-state index in [2.05, 4.69) is 4.98 Å². The van der Waals surface area contributed by atoms with Gasteiger partial charge in [-0.2, -0.15) is 5.23 Å². The number of hydrogen-bond donors (Lipinski definition) is 3. The van der Waals surface area contributed by atoms with Crippen molar-refractivity contribution in [2.45, 2.75) is 25.0 Å². The first-order valence-corrected chi connectivity index (χ1v) is 12.1. The summed E-state index contributed by atoms with van der Waals surface area (Å²) < 4.78 is 5.22. The fourth-order valence-electron chi connectivity index (χ4n) is 5.60. The fraction of sp³-hybridized carbons (Fsp3) is 0.214. The van der Waals surface area contributed by atoms with E-state index in [9.17, 15) is 20.0 Å². The van der Waals surface area contributed by atoms with E-state index in [1.165, 1.54) is 6.07 Å². The molecule has 0 spiro atoms. The number of nitrogens with one attached hydrogen (secondary N) is 2. The molecule has 4 aromatic rings. The molecular formula is C28H26N4O5. The van der Waals surface area contributed by atoms with Gasteiger partial charge in [-0.05, 0) is 34.9 Å². The van der Waals surface area contributed by atoms with E-state index in [1.54, 1.807) is 29.0 Å². The molecule has 3 atom stereocenters. The molecule has 3 N–H and O–H groups in total. The lowest BCUT2D eigenvalue weighted by molar-refractivity contribution is -0.991. The first-order valence-electron chi connectivity index (χ1n) is 12.1. The van der Waals surface area contributed by atoms with Crippen LogP contribution in [0.5, 0.6) is 5.75 Å². The second-order valence-corrected chi connectivity index (χ2v) is 9.46. The fourth-order valence-corrected chi connectivity index (χ4v) is 5.60. The standard InChI is InChI=1S/C28H26N4O5/c1-37-20-11-9-17(10-12-20)15-30-16-25(33)31-24(28(30)34)14-22-21-7-2-3-8-23(21)29-26(22)27(31)18-5-4-6-19(13-18)32(35)36/h2-13,24,27,29,32,35H,14-16H2,1H3/t24-,27?/m0/s1. The van der Waals surface area contributed by atoms with Crippen LogP contribution in [0.25, 0.3) is 10.9 Å². The summed E-state index contributed by atoms with van der Waals surface area (Å²) in [4.78, 5) is 34.3. The van der Waals surface area contributed by atoms with Crippen LogP contribution in [0.15, 0.2) is 72.8 Å². The molecule has 0 bridgehead atoms. The molecule has 0 radical (unpaired) electrons. The highest BCUT2D eigenvalue weighted by molar-refractivity contribution is 5.97. The smallest absolute Gasteiger partial charge is 0.246 e. The molecule has 1 fully saturated rings. The number of para-hydroxylation sites is 1. The lowest BCUT2D eigenvalue weighted by Crippen LogP contribution is -2.99. The molecule has 2 aliphatic heterocycles. The van der Waals surface area contributed by atoms with E-state index >= 15 is 0 Å². The minimum Gasteiger partial charge on any atom is -0.595 e. The Bertz CT molecular complexity index is 1500. The van der Waals surface area contributed by atoms with Crippen LogP contribution in [0.1, 0.15) is 28.4 Å². The number of hydrogen-bond acceptors (Lipinski definition) is 5. The summed E-state index contributed by atoms with van der Waals surface area (Å²) in [7, 11) is 1.60. The number of carbonyl (C=O) groups excluding carboxylic acids is 2. The second-order valence-electron chi connectivity index (χ2n) is 9.46. The van der Waals surface area contributed by atoms with E-state index in [1.807, 2.05) is 54.6 Å². The predicted octanol–water partition coefficient (Wildman–Crippen LogP) is 2.46. The van der Waals surface area contributed by atoms with Crippen molar-refractivity contribution >= 4 is 28.4 Å². The van der Waals surface area contributed by atoms with Gasteiger partial charge in [0.05, 0.1) is 13.2 Å². The molecule has 3 aromatic carbocycles. The van der Waals surface area contributed by atoms with Crippen LogP contribution in [-0.2, 0) is 22.6 Å². The summed E-state index contributed by atoms with van der Waals surface area (Å²) in [5, 5.41) is 21.3. The van der Waals surface area contributed by atoms with Crippen molar-refractivity contribution in [3.63, 3.8) is 0 Å². The zero-order valence-electron chi connectivity index (χ0n) is 20.2. The van der Waals surface area contributed by atoms with Gasteiger partial charge >= 0.3 is 0 Å². The van der Waals surface area contributed by atoms with Gasteiger partial charge in [0.2, 0.25) is 11.8 Å². The van der Waals surface area contributed by atoms with E-state index in [-0.39, 0.29) is 24.0 Å². The van der Waals surface area contributed by atoms with Gasteiger partial charge in [-0.15, -0.1) is 0 Å². The summed E-state index contributed by atoms with van der Waals surface area (Å²) >= 11 is 0.